The lowest BCUT2D eigenvalue weighted by Crippen LogP contribution is -2.48. The summed E-state index contributed by atoms with van der Waals surface area (Å²) in [5.74, 6) is 0.783. The summed E-state index contributed by atoms with van der Waals surface area (Å²) in [5.41, 5.74) is 0.0253. The van der Waals surface area contributed by atoms with E-state index in [0.29, 0.717) is 32.2 Å². The monoisotopic (exact) mass is 365 g/mol. The summed E-state index contributed by atoms with van der Waals surface area (Å²) in [4.78, 5) is 27.2. The van der Waals surface area contributed by atoms with E-state index in [1.54, 1.807) is 7.11 Å². The number of carbonyl (C=O) groups excluding carboxylic acids is 2. The average Bonchev–Trinajstić information content (AvgIpc) is 3.03. The van der Waals surface area contributed by atoms with Gasteiger partial charge >= 0.3 is 0 Å². The Morgan fingerprint density at radius 3 is 2.62 bits per heavy atom. The zero-order valence-electron chi connectivity index (χ0n) is 16.4. The Morgan fingerprint density at radius 1 is 1.27 bits per heavy atom. The van der Waals surface area contributed by atoms with Crippen molar-refractivity contribution in [2.24, 2.45) is 17.3 Å². The summed E-state index contributed by atoms with van der Waals surface area (Å²) in [6.07, 6.45) is 6.96. The normalized spacial score (nSPS) is 31.8. The van der Waals surface area contributed by atoms with Crippen molar-refractivity contribution in [2.75, 3.05) is 39.9 Å². The first-order valence-electron chi connectivity index (χ1n) is 10.3. The summed E-state index contributed by atoms with van der Waals surface area (Å²) in [7, 11) is 1.73. The molecule has 3 rings (SSSR count). The third-order valence-electron chi connectivity index (χ3n) is 6.71. The standard InChI is InChI=1S/C20H35N3O3/c1-15-3-5-17(6-4-15)23-12-16(11-18(23)24)19(25)22-13-20(14-26-2)7-9-21-10-8-20/h15-17,21H,3-14H2,1-2H3,(H,22,25). The molecule has 1 aliphatic carbocycles. The summed E-state index contributed by atoms with van der Waals surface area (Å²) in [6, 6.07) is 0.348. The summed E-state index contributed by atoms with van der Waals surface area (Å²) >= 11 is 0. The minimum atomic E-state index is -0.192. The lowest BCUT2D eigenvalue weighted by molar-refractivity contribution is -0.131. The van der Waals surface area contributed by atoms with Gasteiger partial charge in [-0.1, -0.05) is 6.92 Å². The molecule has 1 saturated carbocycles. The average molecular weight is 366 g/mol. The van der Waals surface area contributed by atoms with E-state index in [1.807, 2.05) is 4.90 Å². The van der Waals surface area contributed by atoms with Crippen LogP contribution in [0.25, 0.3) is 0 Å². The molecule has 2 aliphatic heterocycles. The number of piperidine rings is 1. The van der Waals surface area contributed by atoms with E-state index in [9.17, 15) is 9.59 Å². The predicted molar refractivity (Wildman–Crippen MR) is 101 cm³/mol. The highest BCUT2D eigenvalue weighted by Crippen LogP contribution is 2.32. The quantitative estimate of drug-likeness (QED) is 0.749. The van der Waals surface area contributed by atoms with Crippen LogP contribution in [0.15, 0.2) is 0 Å². The van der Waals surface area contributed by atoms with Gasteiger partial charge < -0.3 is 20.3 Å². The van der Waals surface area contributed by atoms with Crippen LogP contribution in [0.3, 0.4) is 0 Å². The van der Waals surface area contributed by atoms with Crippen LogP contribution in [-0.4, -0.2) is 62.7 Å². The van der Waals surface area contributed by atoms with Gasteiger partial charge in [-0.25, -0.2) is 0 Å². The van der Waals surface area contributed by atoms with E-state index < -0.39 is 0 Å². The third-order valence-corrected chi connectivity index (χ3v) is 6.71. The van der Waals surface area contributed by atoms with Crippen LogP contribution in [0.2, 0.25) is 0 Å². The second-order valence-electron chi connectivity index (χ2n) is 8.76. The molecule has 0 bridgehead atoms. The molecule has 2 saturated heterocycles. The van der Waals surface area contributed by atoms with E-state index in [1.165, 1.54) is 12.8 Å². The molecule has 0 radical (unpaired) electrons. The maximum atomic E-state index is 12.7. The van der Waals surface area contributed by atoms with Gasteiger partial charge in [0.15, 0.2) is 0 Å². The Hall–Kier alpha value is -1.14. The summed E-state index contributed by atoms with van der Waals surface area (Å²) in [5, 5.41) is 6.52. The Bertz CT molecular complexity index is 491. The highest BCUT2D eigenvalue weighted by atomic mass is 16.5. The smallest absolute Gasteiger partial charge is 0.225 e. The van der Waals surface area contributed by atoms with Crippen molar-refractivity contribution in [2.45, 2.75) is 57.9 Å². The van der Waals surface area contributed by atoms with Gasteiger partial charge in [-0.3, -0.25) is 9.59 Å². The molecule has 0 aromatic carbocycles. The van der Waals surface area contributed by atoms with Gasteiger partial charge in [-0.15, -0.1) is 0 Å². The van der Waals surface area contributed by atoms with Gasteiger partial charge in [-0.2, -0.15) is 0 Å². The first-order chi connectivity index (χ1) is 12.5. The molecule has 3 fully saturated rings. The number of hydrogen-bond donors (Lipinski definition) is 2. The molecule has 3 aliphatic rings. The molecule has 148 valence electrons. The molecular weight excluding hydrogens is 330 g/mol. The molecule has 2 amide bonds. The number of nitrogens with one attached hydrogen (secondary N) is 2. The Kier molecular flexibility index (Phi) is 6.56. The Balaban J connectivity index is 1.51. The van der Waals surface area contributed by atoms with E-state index in [0.717, 1.165) is 44.7 Å². The number of nitrogens with zero attached hydrogens (tertiary/aromatic N) is 1. The van der Waals surface area contributed by atoms with Crippen molar-refractivity contribution in [1.29, 1.82) is 0 Å². The van der Waals surface area contributed by atoms with Crippen LogP contribution in [0.5, 0.6) is 0 Å². The number of methoxy groups -OCH3 is 1. The largest absolute Gasteiger partial charge is 0.384 e. The Labute approximate surface area is 157 Å². The number of likely N-dealkylation sites (tertiary alicyclic amines) is 1. The minimum Gasteiger partial charge on any atom is -0.384 e. The van der Waals surface area contributed by atoms with Gasteiger partial charge in [0.25, 0.3) is 0 Å². The van der Waals surface area contributed by atoms with Crippen LogP contribution in [0, 0.1) is 17.3 Å². The van der Waals surface area contributed by atoms with E-state index >= 15 is 0 Å². The second-order valence-corrected chi connectivity index (χ2v) is 8.76. The molecule has 6 nitrogen and oxygen atoms in total. The fraction of sp³-hybridized carbons (Fsp3) is 0.900. The number of amides is 2. The van der Waals surface area contributed by atoms with Crippen molar-refractivity contribution in [3.05, 3.63) is 0 Å². The summed E-state index contributed by atoms with van der Waals surface area (Å²) in [6.45, 7) is 6.14. The predicted octanol–water partition coefficient (Wildman–Crippen LogP) is 1.55. The first kappa shape index (κ1) is 19.6. The van der Waals surface area contributed by atoms with Crippen LogP contribution in [0.1, 0.15) is 51.9 Å². The molecule has 1 unspecified atom stereocenters. The van der Waals surface area contributed by atoms with Gasteiger partial charge in [0, 0.05) is 38.1 Å². The summed E-state index contributed by atoms with van der Waals surface area (Å²) < 4.78 is 5.42. The number of ether oxygens (including phenoxy) is 1. The number of rotatable bonds is 6. The lowest BCUT2D eigenvalue weighted by Gasteiger charge is -2.37. The minimum absolute atomic E-state index is 0.0253. The van der Waals surface area contributed by atoms with Gasteiger partial charge in [0.2, 0.25) is 11.8 Å². The second kappa shape index (κ2) is 8.70. The van der Waals surface area contributed by atoms with Crippen LogP contribution in [0.4, 0.5) is 0 Å². The molecule has 2 heterocycles. The van der Waals surface area contributed by atoms with Gasteiger partial charge in [-0.05, 0) is 57.5 Å². The molecule has 6 heteroatoms. The van der Waals surface area contributed by atoms with E-state index in [4.69, 9.17) is 4.74 Å². The molecule has 1 atom stereocenters. The van der Waals surface area contributed by atoms with Crippen LogP contribution >= 0.6 is 0 Å². The van der Waals surface area contributed by atoms with Crippen molar-refractivity contribution in [3.8, 4) is 0 Å². The molecule has 0 aromatic rings. The third kappa shape index (κ3) is 4.58. The van der Waals surface area contributed by atoms with Crippen LogP contribution < -0.4 is 10.6 Å². The topological polar surface area (TPSA) is 70.7 Å². The highest BCUT2D eigenvalue weighted by Gasteiger charge is 2.40. The van der Waals surface area contributed by atoms with E-state index in [2.05, 4.69) is 17.6 Å². The fourth-order valence-corrected chi connectivity index (χ4v) is 4.87. The number of hydrogen-bond acceptors (Lipinski definition) is 4. The molecule has 0 spiro atoms. The first-order valence-corrected chi connectivity index (χ1v) is 10.3. The van der Waals surface area contributed by atoms with Gasteiger partial charge in [0.1, 0.15) is 0 Å². The molecular formula is C20H35N3O3. The maximum Gasteiger partial charge on any atom is 0.225 e. The Morgan fingerprint density at radius 2 is 1.96 bits per heavy atom. The van der Waals surface area contributed by atoms with Crippen molar-refractivity contribution < 1.29 is 14.3 Å². The lowest BCUT2D eigenvalue weighted by atomic mass is 9.79. The zero-order chi connectivity index (χ0) is 18.6. The number of carbonyl (C=O) groups is 2. The van der Waals surface area contributed by atoms with Crippen molar-refractivity contribution in [3.63, 3.8) is 0 Å². The van der Waals surface area contributed by atoms with Gasteiger partial charge in [0.05, 0.1) is 12.5 Å². The zero-order valence-corrected chi connectivity index (χ0v) is 16.4. The molecule has 2 N–H and O–H groups in total. The van der Waals surface area contributed by atoms with Crippen molar-refractivity contribution >= 4 is 11.8 Å². The molecule has 0 aromatic heterocycles. The maximum absolute atomic E-state index is 12.7. The van der Waals surface area contributed by atoms with Crippen LogP contribution in [-0.2, 0) is 14.3 Å². The van der Waals surface area contributed by atoms with Crippen molar-refractivity contribution in [1.82, 2.24) is 15.5 Å². The highest BCUT2D eigenvalue weighted by molar-refractivity contribution is 5.89. The molecule has 26 heavy (non-hydrogen) atoms. The van der Waals surface area contributed by atoms with E-state index in [-0.39, 0.29) is 23.1 Å². The fourth-order valence-electron chi connectivity index (χ4n) is 4.87. The SMILES string of the molecule is COCC1(CNC(=O)C2CC(=O)N(C3CCC(C)CC3)C2)CCNCC1.